The molecule has 0 bridgehead atoms. The van der Waals surface area contributed by atoms with Gasteiger partial charge in [0.2, 0.25) is 0 Å². The lowest BCUT2D eigenvalue weighted by Crippen LogP contribution is -2.13. The molecule has 0 aliphatic heterocycles. The summed E-state index contributed by atoms with van der Waals surface area (Å²) in [6.07, 6.45) is 14.8. The van der Waals surface area contributed by atoms with Crippen LogP contribution < -0.4 is 0 Å². The number of hydrogen-bond donors (Lipinski definition) is 0. The lowest BCUT2D eigenvalue weighted by atomic mass is 9.90. The van der Waals surface area contributed by atoms with Gasteiger partial charge in [-0.15, -0.1) is 0 Å². The Hall–Kier alpha value is -0.530. The summed E-state index contributed by atoms with van der Waals surface area (Å²) in [5.41, 5.74) is 0. The van der Waals surface area contributed by atoms with E-state index in [9.17, 15) is 4.79 Å². The highest BCUT2D eigenvalue weighted by atomic mass is 16.5. The minimum Gasteiger partial charge on any atom is -0.463 e. The van der Waals surface area contributed by atoms with Crippen LogP contribution in [-0.4, -0.2) is 12.1 Å². The van der Waals surface area contributed by atoms with Gasteiger partial charge >= 0.3 is 5.97 Å². The number of carbonyl (C=O) groups is 1. The summed E-state index contributed by atoms with van der Waals surface area (Å²) in [4.78, 5) is 11.7. The summed E-state index contributed by atoms with van der Waals surface area (Å²) in [7, 11) is 0. The smallest absolute Gasteiger partial charge is 0.306 e. The monoisotopic (exact) mass is 298 g/mol. The summed E-state index contributed by atoms with van der Waals surface area (Å²) >= 11 is 0. The molecular formula is C19H38O2. The normalized spacial score (nSPS) is 11.3. The van der Waals surface area contributed by atoms with Gasteiger partial charge in [-0.2, -0.15) is 0 Å². The minimum absolute atomic E-state index is 0.0166. The summed E-state index contributed by atoms with van der Waals surface area (Å²) in [5, 5.41) is 0. The van der Waals surface area contributed by atoms with E-state index in [1.165, 1.54) is 64.2 Å². The molecule has 0 aliphatic rings. The van der Waals surface area contributed by atoms with E-state index in [4.69, 9.17) is 4.74 Å². The van der Waals surface area contributed by atoms with Crippen LogP contribution >= 0.6 is 0 Å². The lowest BCUT2D eigenvalue weighted by molar-refractivity contribution is -0.147. The SMILES string of the molecule is CCCCCCC(CCCCCC)CCC(=O)OC(C)C. The van der Waals surface area contributed by atoms with Crippen molar-refractivity contribution in [3.05, 3.63) is 0 Å². The van der Waals surface area contributed by atoms with Gasteiger partial charge in [-0.25, -0.2) is 0 Å². The molecule has 0 atom stereocenters. The fourth-order valence-electron chi connectivity index (χ4n) is 2.80. The molecule has 0 heterocycles. The van der Waals surface area contributed by atoms with Gasteiger partial charge < -0.3 is 4.74 Å². The number of rotatable bonds is 14. The number of hydrogen-bond acceptors (Lipinski definition) is 2. The van der Waals surface area contributed by atoms with Gasteiger partial charge in [-0.1, -0.05) is 78.1 Å². The average Bonchev–Trinajstić information content (AvgIpc) is 2.43. The third kappa shape index (κ3) is 14.2. The fourth-order valence-corrected chi connectivity index (χ4v) is 2.80. The molecule has 0 N–H and O–H groups in total. The molecule has 2 nitrogen and oxygen atoms in total. The lowest BCUT2D eigenvalue weighted by Gasteiger charge is -2.17. The second-order valence-electron chi connectivity index (χ2n) is 6.64. The molecule has 2 heteroatoms. The predicted molar refractivity (Wildman–Crippen MR) is 91.5 cm³/mol. The summed E-state index contributed by atoms with van der Waals surface area (Å²) in [5.74, 6) is 0.704. The molecule has 0 amide bonds. The Bertz CT molecular complexity index is 224. The molecule has 126 valence electrons. The van der Waals surface area contributed by atoms with Crippen molar-refractivity contribution < 1.29 is 9.53 Å². The van der Waals surface area contributed by atoms with Gasteiger partial charge in [0.05, 0.1) is 6.10 Å². The van der Waals surface area contributed by atoms with E-state index >= 15 is 0 Å². The van der Waals surface area contributed by atoms with Gasteiger partial charge in [0, 0.05) is 6.42 Å². The van der Waals surface area contributed by atoms with Crippen molar-refractivity contribution in [2.45, 2.75) is 111 Å². The number of esters is 1. The predicted octanol–water partition coefficient (Wildman–Crippen LogP) is 6.28. The van der Waals surface area contributed by atoms with Crippen molar-refractivity contribution in [1.82, 2.24) is 0 Å². The highest BCUT2D eigenvalue weighted by Gasteiger charge is 2.13. The van der Waals surface area contributed by atoms with Crippen molar-refractivity contribution in [3.8, 4) is 0 Å². The minimum atomic E-state index is -0.0166. The van der Waals surface area contributed by atoms with E-state index in [0.29, 0.717) is 6.42 Å². The van der Waals surface area contributed by atoms with E-state index in [1.807, 2.05) is 13.8 Å². The molecule has 0 aliphatic carbocycles. The van der Waals surface area contributed by atoms with Gasteiger partial charge in [-0.05, 0) is 26.2 Å². The maximum Gasteiger partial charge on any atom is 0.306 e. The molecule has 0 rings (SSSR count). The second kappa shape index (κ2) is 14.4. The zero-order valence-corrected chi connectivity index (χ0v) is 15.0. The van der Waals surface area contributed by atoms with E-state index < -0.39 is 0 Å². The van der Waals surface area contributed by atoms with Gasteiger partial charge in [0.15, 0.2) is 0 Å². The van der Waals surface area contributed by atoms with Crippen molar-refractivity contribution in [3.63, 3.8) is 0 Å². The Kier molecular flexibility index (Phi) is 14.0. The quantitative estimate of drug-likeness (QED) is 0.279. The van der Waals surface area contributed by atoms with E-state index in [2.05, 4.69) is 13.8 Å². The highest BCUT2D eigenvalue weighted by molar-refractivity contribution is 5.69. The van der Waals surface area contributed by atoms with Crippen LogP contribution in [0.4, 0.5) is 0 Å². The Balaban J connectivity index is 3.95. The second-order valence-corrected chi connectivity index (χ2v) is 6.64. The molecule has 0 unspecified atom stereocenters. The zero-order chi connectivity index (χ0) is 15.9. The van der Waals surface area contributed by atoms with Crippen LogP contribution in [0.5, 0.6) is 0 Å². The van der Waals surface area contributed by atoms with Crippen molar-refractivity contribution in [1.29, 1.82) is 0 Å². The number of unbranched alkanes of at least 4 members (excludes halogenated alkanes) is 6. The van der Waals surface area contributed by atoms with Crippen LogP contribution in [0.1, 0.15) is 105 Å². The first-order valence-electron chi connectivity index (χ1n) is 9.29. The largest absolute Gasteiger partial charge is 0.463 e. The Morgan fingerprint density at radius 3 is 1.76 bits per heavy atom. The summed E-state index contributed by atoms with van der Waals surface area (Å²) < 4.78 is 5.25. The van der Waals surface area contributed by atoms with Gasteiger partial charge in [0.25, 0.3) is 0 Å². The third-order valence-electron chi connectivity index (χ3n) is 4.06. The molecule has 0 saturated heterocycles. The molecule has 0 radical (unpaired) electrons. The zero-order valence-electron chi connectivity index (χ0n) is 15.0. The Morgan fingerprint density at radius 1 is 0.810 bits per heavy atom. The molecule has 0 aromatic heterocycles. The third-order valence-corrected chi connectivity index (χ3v) is 4.06. The fraction of sp³-hybridized carbons (Fsp3) is 0.947. The maximum absolute atomic E-state index is 11.7. The van der Waals surface area contributed by atoms with Crippen LogP contribution in [0.25, 0.3) is 0 Å². The number of ether oxygens (including phenoxy) is 1. The summed E-state index contributed by atoms with van der Waals surface area (Å²) in [6.45, 7) is 8.35. The number of carbonyl (C=O) groups excluding carboxylic acids is 1. The van der Waals surface area contributed by atoms with E-state index in [1.54, 1.807) is 0 Å². The molecular weight excluding hydrogens is 260 g/mol. The van der Waals surface area contributed by atoms with Gasteiger partial charge in [-0.3, -0.25) is 4.79 Å². The first kappa shape index (κ1) is 20.5. The molecule has 0 aromatic rings. The van der Waals surface area contributed by atoms with Crippen molar-refractivity contribution >= 4 is 5.97 Å². The first-order valence-corrected chi connectivity index (χ1v) is 9.29. The Morgan fingerprint density at radius 2 is 1.33 bits per heavy atom. The van der Waals surface area contributed by atoms with Crippen molar-refractivity contribution in [2.24, 2.45) is 5.92 Å². The standard InChI is InChI=1S/C19H38O2/c1-5-7-9-11-13-18(14-12-10-8-6-2)15-16-19(20)21-17(3)4/h17-18H,5-16H2,1-4H3. The van der Waals surface area contributed by atoms with Gasteiger partial charge in [0.1, 0.15) is 0 Å². The van der Waals surface area contributed by atoms with Crippen LogP contribution in [-0.2, 0) is 9.53 Å². The molecule has 21 heavy (non-hydrogen) atoms. The molecule has 0 saturated carbocycles. The van der Waals surface area contributed by atoms with Crippen LogP contribution in [0.3, 0.4) is 0 Å². The van der Waals surface area contributed by atoms with Crippen LogP contribution in [0.2, 0.25) is 0 Å². The first-order chi connectivity index (χ1) is 10.1. The topological polar surface area (TPSA) is 26.3 Å². The molecule has 0 spiro atoms. The molecule has 0 fully saturated rings. The van der Waals surface area contributed by atoms with Crippen LogP contribution in [0, 0.1) is 5.92 Å². The summed E-state index contributed by atoms with van der Waals surface area (Å²) in [6, 6.07) is 0. The van der Waals surface area contributed by atoms with Crippen molar-refractivity contribution in [2.75, 3.05) is 0 Å². The van der Waals surface area contributed by atoms with E-state index in [0.717, 1.165) is 12.3 Å². The van der Waals surface area contributed by atoms with E-state index in [-0.39, 0.29) is 12.1 Å². The maximum atomic E-state index is 11.7. The molecule has 0 aromatic carbocycles. The highest BCUT2D eigenvalue weighted by Crippen LogP contribution is 2.23. The van der Waals surface area contributed by atoms with Crippen LogP contribution in [0.15, 0.2) is 0 Å². The average molecular weight is 299 g/mol. The Labute approximate surface area is 133 Å².